The lowest BCUT2D eigenvalue weighted by Gasteiger charge is -2.12. The van der Waals surface area contributed by atoms with E-state index in [0.717, 1.165) is 36.1 Å². The molecule has 1 aliphatic rings. The third kappa shape index (κ3) is 4.16. The molecule has 4 heteroatoms. The number of hydrogen-bond donors (Lipinski definition) is 1. The minimum Gasteiger partial charge on any atom is -0.378 e. The standard InChI is InChI=1S/C15H25N3O/c1-11-12(2)17-13(3)18-15(11)16-9-5-4-7-14-8-6-10-19-14/h14H,4-10H2,1-3H3,(H,16,17,18)/t14-/m0/s1. The van der Waals surface area contributed by atoms with Crippen LogP contribution in [0, 0.1) is 20.8 Å². The maximum atomic E-state index is 5.63. The number of aryl methyl sites for hydroxylation is 2. The summed E-state index contributed by atoms with van der Waals surface area (Å²) in [6.45, 7) is 7.98. The van der Waals surface area contributed by atoms with Crippen molar-refractivity contribution in [2.24, 2.45) is 0 Å². The van der Waals surface area contributed by atoms with Gasteiger partial charge in [0, 0.05) is 24.4 Å². The molecule has 2 rings (SSSR count). The summed E-state index contributed by atoms with van der Waals surface area (Å²) in [4.78, 5) is 8.82. The van der Waals surface area contributed by atoms with Gasteiger partial charge in [0.2, 0.25) is 0 Å². The van der Waals surface area contributed by atoms with Gasteiger partial charge < -0.3 is 10.1 Å². The van der Waals surface area contributed by atoms with E-state index in [-0.39, 0.29) is 0 Å². The Hall–Kier alpha value is -1.16. The molecule has 0 unspecified atom stereocenters. The minimum absolute atomic E-state index is 0.519. The van der Waals surface area contributed by atoms with Crippen molar-refractivity contribution in [3.63, 3.8) is 0 Å². The van der Waals surface area contributed by atoms with Gasteiger partial charge in [-0.15, -0.1) is 0 Å². The first-order chi connectivity index (χ1) is 9.16. The average Bonchev–Trinajstić information content (AvgIpc) is 2.87. The molecule has 1 N–H and O–H groups in total. The molecule has 4 nitrogen and oxygen atoms in total. The SMILES string of the molecule is Cc1nc(C)c(C)c(NCCCC[C@H]2CCCO2)n1. The summed E-state index contributed by atoms with van der Waals surface area (Å²) < 4.78 is 5.63. The molecule has 1 fully saturated rings. The van der Waals surface area contributed by atoms with E-state index in [9.17, 15) is 0 Å². The van der Waals surface area contributed by atoms with Gasteiger partial charge in [-0.1, -0.05) is 0 Å². The lowest BCUT2D eigenvalue weighted by molar-refractivity contribution is 0.102. The summed E-state index contributed by atoms with van der Waals surface area (Å²) in [5.74, 6) is 1.83. The number of unbranched alkanes of at least 4 members (excludes halogenated alkanes) is 1. The highest BCUT2D eigenvalue weighted by Crippen LogP contribution is 2.18. The number of aromatic nitrogens is 2. The molecule has 0 radical (unpaired) electrons. The van der Waals surface area contributed by atoms with Gasteiger partial charge in [0.15, 0.2) is 0 Å². The van der Waals surface area contributed by atoms with Gasteiger partial charge in [-0.3, -0.25) is 0 Å². The van der Waals surface area contributed by atoms with E-state index in [4.69, 9.17) is 4.74 Å². The zero-order valence-electron chi connectivity index (χ0n) is 12.3. The number of ether oxygens (including phenoxy) is 1. The molecule has 0 aliphatic carbocycles. The van der Waals surface area contributed by atoms with E-state index in [1.165, 1.54) is 32.1 Å². The molecule has 0 saturated carbocycles. The third-order valence-electron chi connectivity index (χ3n) is 3.77. The van der Waals surface area contributed by atoms with Crippen LogP contribution in [0.25, 0.3) is 0 Å². The largest absolute Gasteiger partial charge is 0.378 e. The van der Waals surface area contributed by atoms with E-state index in [1.54, 1.807) is 0 Å². The smallest absolute Gasteiger partial charge is 0.132 e. The minimum atomic E-state index is 0.519. The monoisotopic (exact) mass is 263 g/mol. The number of nitrogens with zero attached hydrogens (tertiary/aromatic N) is 2. The molecule has 1 aromatic rings. The lowest BCUT2D eigenvalue weighted by atomic mass is 10.1. The highest BCUT2D eigenvalue weighted by molar-refractivity contribution is 5.45. The van der Waals surface area contributed by atoms with Crippen molar-refractivity contribution in [3.05, 3.63) is 17.1 Å². The maximum Gasteiger partial charge on any atom is 0.132 e. The molecule has 0 spiro atoms. The third-order valence-corrected chi connectivity index (χ3v) is 3.77. The van der Waals surface area contributed by atoms with Gasteiger partial charge >= 0.3 is 0 Å². The van der Waals surface area contributed by atoms with E-state index in [0.29, 0.717) is 6.10 Å². The van der Waals surface area contributed by atoms with Crippen LogP contribution in [0.3, 0.4) is 0 Å². The van der Waals surface area contributed by atoms with Gasteiger partial charge in [-0.05, 0) is 52.9 Å². The molecule has 1 aromatic heterocycles. The Labute approximate surface area is 116 Å². The van der Waals surface area contributed by atoms with Gasteiger partial charge in [0.05, 0.1) is 6.10 Å². The molecule has 106 valence electrons. The fourth-order valence-electron chi connectivity index (χ4n) is 2.52. The van der Waals surface area contributed by atoms with Crippen LogP contribution >= 0.6 is 0 Å². The fraction of sp³-hybridized carbons (Fsp3) is 0.733. The summed E-state index contributed by atoms with van der Waals surface area (Å²) in [5.41, 5.74) is 2.22. The van der Waals surface area contributed by atoms with Crippen molar-refractivity contribution < 1.29 is 4.74 Å². The Morgan fingerprint density at radius 2 is 2.05 bits per heavy atom. The van der Waals surface area contributed by atoms with Crippen LogP contribution in [0.2, 0.25) is 0 Å². The number of hydrogen-bond acceptors (Lipinski definition) is 4. The summed E-state index contributed by atoms with van der Waals surface area (Å²) in [7, 11) is 0. The normalized spacial score (nSPS) is 18.8. The molecule has 0 aromatic carbocycles. The van der Waals surface area contributed by atoms with Crippen molar-refractivity contribution in [2.45, 2.75) is 59.0 Å². The Balaban J connectivity index is 1.70. The van der Waals surface area contributed by atoms with Crippen LogP contribution in [-0.4, -0.2) is 29.2 Å². The summed E-state index contributed by atoms with van der Waals surface area (Å²) in [6.07, 6.45) is 6.59. The van der Waals surface area contributed by atoms with Gasteiger partial charge in [0.25, 0.3) is 0 Å². The average molecular weight is 263 g/mol. The predicted octanol–water partition coefficient (Wildman–Crippen LogP) is 3.16. The van der Waals surface area contributed by atoms with E-state index >= 15 is 0 Å². The lowest BCUT2D eigenvalue weighted by Crippen LogP contribution is -2.10. The Morgan fingerprint density at radius 1 is 1.21 bits per heavy atom. The quantitative estimate of drug-likeness (QED) is 0.801. The van der Waals surface area contributed by atoms with Crippen molar-refractivity contribution in [3.8, 4) is 0 Å². The molecule has 2 heterocycles. The van der Waals surface area contributed by atoms with Gasteiger partial charge in [-0.25, -0.2) is 9.97 Å². The van der Waals surface area contributed by atoms with Crippen molar-refractivity contribution in [1.82, 2.24) is 9.97 Å². The first-order valence-corrected chi connectivity index (χ1v) is 7.34. The van der Waals surface area contributed by atoms with Gasteiger partial charge in [0.1, 0.15) is 11.6 Å². The molecule has 0 amide bonds. The highest BCUT2D eigenvalue weighted by atomic mass is 16.5. The molecule has 19 heavy (non-hydrogen) atoms. The highest BCUT2D eigenvalue weighted by Gasteiger charge is 2.14. The number of nitrogens with one attached hydrogen (secondary N) is 1. The molecule has 1 aliphatic heterocycles. The summed E-state index contributed by atoms with van der Waals surface area (Å²) in [5, 5.41) is 3.43. The molecule has 1 atom stereocenters. The Bertz CT molecular complexity index is 414. The first-order valence-electron chi connectivity index (χ1n) is 7.34. The van der Waals surface area contributed by atoms with E-state index < -0.39 is 0 Å². The van der Waals surface area contributed by atoms with Crippen LogP contribution < -0.4 is 5.32 Å². The van der Waals surface area contributed by atoms with E-state index in [2.05, 4.69) is 22.2 Å². The second kappa shape index (κ2) is 6.85. The molecule has 1 saturated heterocycles. The van der Waals surface area contributed by atoms with Crippen LogP contribution in [0.4, 0.5) is 5.82 Å². The Morgan fingerprint density at radius 3 is 2.79 bits per heavy atom. The first kappa shape index (κ1) is 14.3. The Kier molecular flexibility index (Phi) is 5.14. The number of anilines is 1. The fourth-order valence-corrected chi connectivity index (χ4v) is 2.52. The van der Waals surface area contributed by atoms with Crippen molar-refractivity contribution in [1.29, 1.82) is 0 Å². The van der Waals surface area contributed by atoms with E-state index in [1.807, 2.05) is 13.8 Å². The second-order valence-electron chi connectivity index (χ2n) is 5.39. The number of rotatable bonds is 6. The van der Waals surface area contributed by atoms with Crippen LogP contribution in [0.5, 0.6) is 0 Å². The second-order valence-corrected chi connectivity index (χ2v) is 5.39. The summed E-state index contributed by atoms with van der Waals surface area (Å²) >= 11 is 0. The molecular weight excluding hydrogens is 238 g/mol. The van der Waals surface area contributed by atoms with Crippen molar-refractivity contribution >= 4 is 5.82 Å². The van der Waals surface area contributed by atoms with Crippen LogP contribution in [0.15, 0.2) is 0 Å². The zero-order chi connectivity index (χ0) is 13.7. The molecule has 0 bridgehead atoms. The van der Waals surface area contributed by atoms with Crippen LogP contribution in [-0.2, 0) is 4.74 Å². The topological polar surface area (TPSA) is 47.0 Å². The summed E-state index contributed by atoms with van der Waals surface area (Å²) in [6, 6.07) is 0. The van der Waals surface area contributed by atoms with Gasteiger partial charge in [-0.2, -0.15) is 0 Å². The van der Waals surface area contributed by atoms with Crippen molar-refractivity contribution in [2.75, 3.05) is 18.5 Å². The maximum absolute atomic E-state index is 5.63. The molecular formula is C15H25N3O. The zero-order valence-corrected chi connectivity index (χ0v) is 12.3. The predicted molar refractivity (Wildman–Crippen MR) is 77.6 cm³/mol. The van der Waals surface area contributed by atoms with Crippen LogP contribution in [0.1, 0.15) is 49.2 Å².